The van der Waals surface area contributed by atoms with Crippen LogP contribution >= 0.6 is 11.8 Å². The van der Waals surface area contributed by atoms with Gasteiger partial charge in [0.1, 0.15) is 12.2 Å². The minimum absolute atomic E-state index is 0.348. The molecule has 92 valence electrons. The Labute approximate surface area is 102 Å². The van der Waals surface area contributed by atoms with Crippen molar-refractivity contribution < 1.29 is 0 Å². The molecule has 1 heterocycles. The van der Waals surface area contributed by atoms with E-state index in [1.807, 2.05) is 11.8 Å². The molecule has 0 saturated heterocycles. The van der Waals surface area contributed by atoms with Gasteiger partial charge in [0.15, 0.2) is 0 Å². The molecule has 1 aromatic rings. The monoisotopic (exact) mass is 242 g/mol. The summed E-state index contributed by atoms with van der Waals surface area (Å²) >= 11 is 1.99. The van der Waals surface area contributed by atoms with Crippen LogP contribution in [0.25, 0.3) is 0 Å². The van der Waals surface area contributed by atoms with Gasteiger partial charge in [0.25, 0.3) is 0 Å². The van der Waals surface area contributed by atoms with E-state index in [2.05, 4.69) is 48.2 Å². The fourth-order valence-corrected chi connectivity index (χ4v) is 2.09. The molecule has 2 N–H and O–H groups in total. The standard InChI is InChI=1S/C11H22N4S/c1-9(7-16-11(2,3)4)12-6-5-10-13-8-14-15-10/h8-9,12H,5-7H2,1-4H3,(H,13,14,15). The number of thioether (sulfide) groups is 1. The van der Waals surface area contributed by atoms with Crippen LogP contribution in [0.4, 0.5) is 0 Å². The van der Waals surface area contributed by atoms with Crippen LogP contribution in [-0.2, 0) is 6.42 Å². The fourth-order valence-electron chi connectivity index (χ4n) is 1.22. The van der Waals surface area contributed by atoms with Crippen LogP contribution in [0.3, 0.4) is 0 Å². The van der Waals surface area contributed by atoms with E-state index in [1.54, 1.807) is 6.33 Å². The van der Waals surface area contributed by atoms with E-state index < -0.39 is 0 Å². The van der Waals surface area contributed by atoms with Crippen LogP contribution in [-0.4, -0.2) is 38.3 Å². The van der Waals surface area contributed by atoms with E-state index in [0.717, 1.165) is 24.5 Å². The highest BCUT2D eigenvalue weighted by Gasteiger charge is 2.12. The van der Waals surface area contributed by atoms with Gasteiger partial charge in [-0.05, 0) is 6.92 Å². The van der Waals surface area contributed by atoms with Crippen LogP contribution in [0.2, 0.25) is 0 Å². The first-order valence-corrected chi connectivity index (χ1v) is 6.67. The van der Waals surface area contributed by atoms with Crippen LogP contribution in [0.15, 0.2) is 6.33 Å². The molecule has 1 rings (SSSR count). The molecule has 1 unspecified atom stereocenters. The lowest BCUT2D eigenvalue weighted by Gasteiger charge is -2.21. The third-order valence-corrected chi connectivity index (χ3v) is 3.62. The molecule has 0 aromatic carbocycles. The maximum absolute atomic E-state index is 4.09. The zero-order valence-corrected chi connectivity index (χ0v) is 11.4. The van der Waals surface area contributed by atoms with Gasteiger partial charge in [-0.3, -0.25) is 5.10 Å². The number of aromatic amines is 1. The highest BCUT2D eigenvalue weighted by molar-refractivity contribution is 8.00. The van der Waals surface area contributed by atoms with Crippen molar-refractivity contribution in [3.8, 4) is 0 Å². The van der Waals surface area contributed by atoms with Crippen LogP contribution < -0.4 is 5.32 Å². The van der Waals surface area contributed by atoms with Gasteiger partial charge in [-0.1, -0.05) is 20.8 Å². The molecule has 0 aliphatic carbocycles. The van der Waals surface area contributed by atoms with E-state index in [9.17, 15) is 0 Å². The summed E-state index contributed by atoms with van der Waals surface area (Å²) in [5, 5.41) is 10.2. The smallest absolute Gasteiger partial charge is 0.137 e. The highest BCUT2D eigenvalue weighted by Crippen LogP contribution is 2.23. The minimum atomic E-state index is 0.348. The van der Waals surface area contributed by atoms with Crippen molar-refractivity contribution in [1.82, 2.24) is 20.5 Å². The molecule has 5 heteroatoms. The van der Waals surface area contributed by atoms with E-state index in [-0.39, 0.29) is 0 Å². The van der Waals surface area contributed by atoms with Gasteiger partial charge in [-0.2, -0.15) is 16.9 Å². The van der Waals surface area contributed by atoms with Crippen molar-refractivity contribution in [2.75, 3.05) is 12.3 Å². The quantitative estimate of drug-likeness (QED) is 0.799. The molecule has 0 amide bonds. The molecule has 0 radical (unpaired) electrons. The molecule has 1 aromatic heterocycles. The van der Waals surface area contributed by atoms with Gasteiger partial charge in [-0.25, -0.2) is 4.98 Å². The number of rotatable bonds is 6. The summed E-state index contributed by atoms with van der Waals surface area (Å²) in [7, 11) is 0. The number of hydrogen-bond donors (Lipinski definition) is 2. The first kappa shape index (κ1) is 13.5. The summed E-state index contributed by atoms with van der Waals surface area (Å²) in [5.74, 6) is 2.09. The average molecular weight is 242 g/mol. The van der Waals surface area contributed by atoms with Crippen molar-refractivity contribution >= 4 is 11.8 Å². The highest BCUT2D eigenvalue weighted by atomic mass is 32.2. The summed E-state index contributed by atoms with van der Waals surface area (Å²) in [5.41, 5.74) is 0. The molecule has 1 atom stereocenters. The fraction of sp³-hybridized carbons (Fsp3) is 0.818. The summed E-state index contributed by atoms with van der Waals surface area (Å²) in [4.78, 5) is 4.09. The Balaban J connectivity index is 2.09. The van der Waals surface area contributed by atoms with Crippen molar-refractivity contribution in [3.05, 3.63) is 12.2 Å². The third kappa shape index (κ3) is 6.12. The van der Waals surface area contributed by atoms with Crippen molar-refractivity contribution in [2.45, 2.75) is 44.9 Å². The molecule has 0 saturated carbocycles. The lowest BCUT2D eigenvalue weighted by molar-refractivity contribution is 0.587. The van der Waals surface area contributed by atoms with Gasteiger partial charge in [-0.15, -0.1) is 0 Å². The first-order chi connectivity index (χ1) is 7.47. The van der Waals surface area contributed by atoms with E-state index in [4.69, 9.17) is 0 Å². The van der Waals surface area contributed by atoms with Crippen LogP contribution in [0.5, 0.6) is 0 Å². The largest absolute Gasteiger partial charge is 0.313 e. The summed E-state index contributed by atoms with van der Waals surface area (Å²) in [6.07, 6.45) is 2.46. The van der Waals surface area contributed by atoms with Crippen LogP contribution in [0.1, 0.15) is 33.5 Å². The Hall–Kier alpha value is -0.550. The Kier molecular flexibility index (Phi) is 5.28. The predicted octanol–water partition coefficient (Wildman–Crippen LogP) is 1.86. The number of aromatic nitrogens is 3. The molecule has 0 aliphatic rings. The summed E-state index contributed by atoms with van der Waals surface area (Å²) in [6, 6.07) is 0.534. The number of nitrogens with zero attached hydrogens (tertiary/aromatic N) is 2. The zero-order valence-electron chi connectivity index (χ0n) is 10.6. The van der Waals surface area contributed by atoms with E-state index in [0.29, 0.717) is 10.8 Å². The topological polar surface area (TPSA) is 53.6 Å². The summed E-state index contributed by atoms with van der Waals surface area (Å²) < 4.78 is 0.348. The molecule has 16 heavy (non-hydrogen) atoms. The SMILES string of the molecule is CC(CSC(C)(C)C)NCCc1ncn[nH]1. The van der Waals surface area contributed by atoms with Crippen molar-refractivity contribution in [2.24, 2.45) is 0 Å². The van der Waals surface area contributed by atoms with Gasteiger partial charge in [0.05, 0.1) is 0 Å². The third-order valence-electron chi connectivity index (χ3n) is 2.09. The van der Waals surface area contributed by atoms with Gasteiger partial charge in [0.2, 0.25) is 0 Å². The molecular formula is C11H22N4S. The van der Waals surface area contributed by atoms with E-state index >= 15 is 0 Å². The maximum atomic E-state index is 4.09. The maximum Gasteiger partial charge on any atom is 0.137 e. The molecule has 0 aliphatic heterocycles. The minimum Gasteiger partial charge on any atom is -0.313 e. The number of hydrogen-bond acceptors (Lipinski definition) is 4. The molecule has 0 fully saturated rings. The second-order valence-electron chi connectivity index (χ2n) is 4.96. The Morgan fingerprint density at radius 3 is 2.81 bits per heavy atom. The molecule has 0 bridgehead atoms. The van der Waals surface area contributed by atoms with Gasteiger partial charge >= 0.3 is 0 Å². The first-order valence-electron chi connectivity index (χ1n) is 5.69. The number of nitrogens with one attached hydrogen (secondary N) is 2. The molecular weight excluding hydrogens is 220 g/mol. The number of H-pyrrole nitrogens is 1. The Morgan fingerprint density at radius 2 is 2.25 bits per heavy atom. The van der Waals surface area contributed by atoms with Gasteiger partial charge in [0, 0.05) is 29.5 Å². The Morgan fingerprint density at radius 1 is 1.50 bits per heavy atom. The second-order valence-corrected chi connectivity index (χ2v) is 6.81. The summed E-state index contributed by atoms with van der Waals surface area (Å²) in [6.45, 7) is 9.91. The molecule has 0 spiro atoms. The zero-order chi connectivity index (χ0) is 12.0. The normalized spacial score (nSPS) is 14.0. The van der Waals surface area contributed by atoms with Gasteiger partial charge < -0.3 is 5.32 Å². The second kappa shape index (κ2) is 6.25. The van der Waals surface area contributed by atoms with Crippen LogP contribution in [0, 0.1) is 0 Å². The van der Waals surface area contributed by atoms with Crippen molar-refractivity contribution in [3.63, 3.8) is 0 Å². The predicted molar refractivity (Wildman–Crippen MR) is 69.8 cm³/mol. The lowest BCUT2D eigenvalue weighted by atomic mass is 10.3. The molecule has 4 nitrogen and oxygen atoms in total. The van der Waals surface area contributed by atoms with Crippen molar-refractivity contribution in [1.29, 1.82) is 0 Å². The average Bonchev–Trinajstić information content (AvgIpc) is 2.66. The Bertz CT molecular complexity index is 279. The van der Waals surface area contributed by atoms with E-state index in [1.165, 1.54) is 0 Å². The lowest BCUT2D eigenvalue weighted by Crippen LogP contribution is -2.31.